The molecule has 6 N–H and O–H groups in total. The molecule has 43 heavy (non-hydrogen) atoms. The summed E-state index contributed by atoms with van der Waals surface area (Å²) in [6.45, 7) is 3.61. The van der Waals surface area contributed by atoms with Crippen LogP contribution >= 0.6 is 0 Å². The summed E-state index contributed by atoms with van der Waals surface area (Å²) >= 11 is 0. The summed E-state index contributed by atoms with van der Waals surface area (Å²) in [5.41, 5.74) is 0. The van der Waals surface area contributed by atoms with Crippen molar-refractivity contribution in [2.75, 3.05) is 13.2 Å². The van der Waals surface area contributed by atoms with Crippen LogP contribution in [0.3, 0.4) is 0 Å². The Morgan fingerprint density at radius 2 is 1.33 bits per heavy atom. The van der Waals surface area contributed by atoms with Crippen molar-refractivity contribution in [3.8, 4) is 0 Å². The largest absolute Gasteiger partial charge is 0.394 e. The van der Waals surface area contributed by atoms with Gasteiger partial charge >= 0.3 is 0 Å². The first-order valence-corrected chi connectivity index (χ1v) is 16.7. The molecular formula is C34H61NO8. The molecule has 1 fully saturated rings. The molecule has 0 bridgehead atoms. The summed E-state index contributed by atoms with van der Waals surface area (Å²) in [6, 6.07) is -0.819. The number of allylic oxidation sites excluding steroid dienone is 5. The highest BCUT2D eigenvalue weighted by Gasteiger charge is 2.44. The smallest absolute Gasteiger partial charge is 0.220 e. The number of rotatable bonds is 25. The van der Waals surface area contributed by atoms with E-state index in [2.05, 4.69) is 43.5 Å². The van der Waals surface area contributed by atoms with Gasteiger partial charge in [-0.2, -0.15) is 0 Å². The molecule has 7 atom stereocenters. The first kappa shape index (κ1) is 39.4. The van der Waals surface area contributed by atoms with Gasteiger partial charge < -0.3 is 40.3 Å². The molecule has 0 radical (unpaired) electrons. The molecule has 0 saturated carbocycles. The second-order valence-corrected chi connectivity index (χ2v) is 11.6. The molecule has 1 amide bonds. The summed E-state index contributed by atoms with van der Waals surface area (Å²) in [5.74, 6) is -0.201. The van der Waals surface area contributed by atoms with E-state index in [-0.39, 0.29) is 12.5 Å². The highest BCUT2D eigenvalue weighted by atomic mass is 16.7. The minimum atomic E-state index is -1.57. The van der Waals surface area contributed by atoms with Crippen molar-refractivity contribution in [3.05, 3.63) is 36.5 Å². The number of carbonyl (C=O) groups excluding carboxylic acids is 1. The van der Waals surface area contributed by atoms with E-state index in [1.807, 2.05) is 6.08 Å². The van der Waals surface area contributed by atoms with Crippen LogP contribution in [0.15, 0.2) is 36.5 Å². The van der Waals surface area contributed by atoms with Gasteiger partial charge in [-0.25, -0.2) is 0 Å². The number of carbonyl (C=O) groups is 1. The normalized spacial score (nSPS) is 24.3. The topological polar surface area (TPSA) is 149 Å². The van der Waals surface area contributed by atoms with E-state index in [4.69, 9.17) is 9.47 Å². The Kier molecular flexibility index (Phi) is 23.6. The Balaban J connectivity index is 2.59. The maximum absolute atomic E-state index is 12.7. The van der Waals surface area contributed by atoms with E-state index in [1.54, 1.807) is 6.08 Å². The quantitative estimate of drug-likeness (QED) is 0.0648. The monoisotopic (exact) mass is 611 g/mol. The Hall–Kier alpha value is -1.59. The second kappa shape index (κ2) is 25.7. The molecule has 0 aliphatic carbocycles. The maximum atomic E-state index is 12.7. The van der Waals surface area contributed by atoms with Gasteiger partial charge in [-0.15, -0.1) is 0 Å². The Morgan fingerprint density at radius 3 is 1.93 bits per heavy atom. The third-order valence-electron chi connectivity index (χ3n) is 7.70. The van der Waals surface area contributed by atoms with Crippen LogP contribution in [0.4, 0.5) is 0 Å². The average molecular weight is 612 g/mol. The lowest BCUT2D eigenvalue weighted by Crippen LogP contribution is -2.60. The fraction of sp³-hybridized carbons (Fsp3) is 0.794. The van der Waals surface area contributed by atoms with Gasteiger partial charge in [0.25, 0.3) is 0 Å². The van der Waals surface area contributed by atoms with Crippen LogP contribution in [0.25, 0.3) is 0 Å². The second-order valence-electron chi connectivity index (χ2n) is 11.6. The molecule has 0 aromatic carbocycles. The van der Waals surface area contributed by atoms with Crippen molar-refractivity contribution in [2.45, 2.75) is 159 Å². The van der Waals surface area contributed by atoms with Gasteiger partial charge in [0.05, 0.1) is 25.4 Å². The SMILES string of the molecule is CCCC/C=C/CC/C=C/CC/C=C/C(O)C(COC1OC(CO)C(O)C(O)C1O)NC(=O)CCCCCCCCCC. The molecule has 0 aromatic rings. The van der Waals surface area contributed by atoms with Gasteiger partial charge in [0, 0.05) is 6.42 Å². The van der Waals surface area contributed by atoms with Crippen molar-refractivity contribution in [1.29, 1.82) is 0 Å². The fourth-order valence-corrected chi connectivity index (χ4v) is 4.88. The van der Waals surface area contributed by atoms with E-state index in [1.165, 1.54) is 44.9 Å². The Bertz CT molecular complexity index is 771. The fourth-order valence-electron chi connectivity index (χ4n) is 4.88. The standard InChI is InChI=1S/C34H61NO8/c1-3-5-7-9-11-13-14-15-16-17-19-21-23-28(37)27(35-30(38)24-22-20-18-12-10-8-6-4-2)26-42-34-33(41)32(40)31(39)29(25-36)43-34/h9,11,15-16,21,23,27-29,31-34,36-37,39-41H,3-8,10,12-14,17-20,22,24-26H2,1-2H3,(H,35,38)/b11-9+,16-15+,23-21+. The average Bonchev–Trinajstić information content (AvgIpc) is 3.00. The van der Waals surface area contributed by atoms with Crippen LogP contribution in [0.2, 0.25) is 0 Å². The van der Waals surface area contributed by atoms with Gasteiger partial charge in [0.1, 0.15) is 24.4 Å². The van der Waals surface area contributed by atoms with Gasteiger partial charge in [0.2, 0.25) is 5.91 Å². The third kappa shape index (κ3) is 18.1. The van der Waals surface area contributed by atoms with Crippen molar-refractivity contribution < 1.29 is 39.8 Å². The first-order valence-electron chi connectivity index (χ1n) is 16.7. The van der Waals surface area contributed by atoms with E-state index in [0.29, 0.717) is 6.42 Å². The number of nitrogens with one attached hydrogen (secondary N) is 1. The molecular weight excluding hydrogens is 550 g/mol. The molecule has 9 nitrogen and oxygen atoms in total. The first-order chi connectivity index (χ1) is 20.8. The summed E-state index contributed by atoms with van der Waals surface area (Å²) in [6.07, 6.45) is 20.6. The lowest BCUT2D eigenvalue weighted by Gasteiger charge is -2.40. The number of hydrogen-bond donors (Lipinski definition) is 6. The van der Waals surface area contributed by atoms with Crippen molar-refractivity contribution in [2.24, 2.45) is 0 Å². The molecule has 7 unspecified atom stereocenters. The van der Waals surface area contributed by atoms with E-state index >= 15 is 0 Å². The summed E-state index contributed by atoms with van der Waals surface area (Å²) in [7, 11) is 0. The van der Waals surface area contributed by atoms with Gasteiger partial charge in [-0.05, 0) is 38.5 Å². The minimum Gasteiger partial charge on any atom is -0.394 e. The molecule has 0 aromatic heterocycles. The summed E-state index contributed by atoms with van der Waals surface area (Å²) < 4.78 is 11.1. The Morgan fingerprint density at radius 1 is 0.767 bits per heavy atom. The van der Waals surface area contributed by atoms with E-state index in [0.717, 1.165) is 51.4 Å². The van der Waals surface area contributed by atoms with Gasteiger partial charge in [0.15, 0.2) is 6.29 Å². The zero-order valence-corrected chi connectivity index (χ0v) is 26.7. The minimum absolute atomic E-state index is 0.201. The van der Waals surface area contributed by atoms with E-state index in [9.17, 15) is 30.3 Å². The molecule has 1 heterocycles. The van der Waals surface area contributed by atoms with Crippen molar-refractivity contribution in [1.82, 2.24) is 5.32 Å². The summed E-state index contributed by atoms with van der Waals surface area (Å²) in [4.78, 5) is 12.7. The molecule has 250 valence electrons. The molecule has 1 saturated heterocycles. The number of aliphatic hydroxyl groups is 5. The van der Waals surface area contributed by atoms with E-state index < -0.39 is 49.5 Å². The predicted molar refractivity (Wildman–Crippen MR) is 170 cm³/mol. The maximum Gasteiger partial charge on any atom is 0.220 e. The Labute approximate surface area is 260 Å². The zero-order valence-electron chi connectivity index (χ0n) is 26.7. The van der Waals surface area contributed by atoms with Crippen LogP contribution in [-0.4, -0.2) is 87.5 Å². The third-order valence-corrected chi connectivity index (χ3v) is 7.70. The van der Waals surface area contributed by atoms with Crippen molar-refractivity contribution >= 4 is 5.91 Å². The number of amides is 1. The molecule has 1 aliphatic heterocycles. The number of ether oxygens (including phenoxy) is 2. The number of unbranched alkanes of at least 4 members (excludes halogenated alkanes) is 11. The highest BCUT2D eigenvalue weighted by molar-refractivity contribution is 5.76. The molecule has 0 spiro atoms. The van der Waals surface area contributed by atoms with Gasteiger partial charge in [-0.3, -0.25) is 4.79 Å². The molecule has 1 rings (SSSR count). The van der Waals surface area contributed by atoms with Gasteiger partial charge in [-0.1, -0.05) is 108 Å². The molecule has 9 heteroatoms. The van der Waals surface area contributed by atoms with Crippen molar-refractivity contribution in [3.63, 3.8) is 0 Å². The van der Waals surface area contributed by atoms with Crippen LogP contribution in [0.1, 0.15) is 117 Å². The van der Waals surface area contributed by atoms with Crippen LogP contribution in [-0.2, 0) is 14.3 Å². The number of aliphatic hydroxyl groups excluding tert-OH is 5. The number of hydrogen-bond acceptors (Lipinski definition) is 8. The van der Waals surface area contributed by atoms with Crippen LogP contribution in [0.5, 0.6) is 0 Å². The lowest BCUT2D eigenvalue weighted by molar-refractivity contribution is -0.302. The van der Waals surface area contributed by atoms with Crippen LogP contribution in [0, 0.1) is 0 Å². The highest BCUT2D eigenvalue weighted by Crippen LogP contribution is 2.22. The zero-order chi connectivity index (χ0) is 31.7. The predicted octanol–water partition coefficient (Wildman–Crippen LogP) is 4.60. The van der Waals surface area contributed by atoms with Crippen LogP contribution < -0.4 is 5.32 Å². The lowest BCUT2D eigenvalue weighted by atomic mass is 9.99. The summed E-state index contributed by atoms with van der Waals surface area (Å²) in [5, 5.41) is 53.5. The molecule has 1 aliphatic rings.